The van der Waals surface area contributed by atoms with Crippen molar-refractivity contribution in [2.75, 3.05) is 27.9 Å². The average Bonchev–Trinajstić information content (AvgIpc) is 2.90. The lowest BCUT2D eigenvalue weighted by atomic mass is 9.95. The maximum absolute atomic E-state index is 13.1. The van der Waals surface area contributed by atoms with E-state index in [1.807, 2.05) is 18.2 Å². The number of hydrogen-bond donors (Lipinski definition) is 1. The standard InChI is InChI=1S/C27H30N2O6/c1-32-23-13-17(14-24(33-2)26(23)34-3)22-15-20(19-11-7-8-12-21(19)29-22)27(31)35-16-25(30)28-18-9-5-4-6-10-18/h7-8,11-15,18H,4-6,9-10,16H2,1-3H3,(H,28,30). The number of nitrogens with one attached hydrogen (secondary N) is 1. The van der Waals surface area contributed by atoms with Crippen molar-refractivity contribution in [3.63, 3.8) is 0 Å². The van der Waals surface area contributed by atoms with Gasteiger partial charge in [0.2, 0.25) is 5.75 Å². The molecule has 0 atom stereocenters. The van der Waals surface area contributed by atoms with Crippen molar-refractivity contribution < 1.29 is 28.5 Å². The monoisotopic (exact) mass is 478 g/mol. The van der Waals surface area contributed by atoms with Crippen LogP contribution in [0.3, 0.4) is 0 Å². The summed E-state index contributed by atoms with van der Waals surface area (Å²) in [6.45, 7) is -0.328. The van der Waals surface area contributed by atoms with Gasteiger partial charge < -0.3 is 24.3 Å². The fraction of sp³-hybridized carbons (Fsp3) is 0.370. The number of pyridine rings is 1. The Morgan fingerprint density at radius 3 is 2.29 bits per heavy atom. The van der Waals surface area contributed by atoms with Crippen LogP contribution < -0.4 is 19.5 Å². The molecule has 1 saturated carbocycles. The quantitative estimate of drug-likeness (QED) is 0.475. The average molecular weight is 479 g/mol. The van der Waals surface area contributed by atoms with Gasteiger partial charge in [0.15, 0.2) is 18.1 Å². The number of aromatic nitrogens is 1. The summed E-state index contributed by atoms with van der Waals surface area (Å²) in [7, 11) is 4.61. The normalized spacial score (nSPS) is 13.8. The van der Waals surface area contributed by atoms with E-state index in [1.165, 1.54) is 27.8 Å². The molecular weight excluding hydrogens is 448 g/mol. The van der Waals surface area contributed by atoms with Crippen molar-refractivity contribution in [2.24, 2.45) is 0 Å². The zero-order valence-corrected chi connectivity index (χ0v) is 20.3. The highest BCUT2D eigenvalue weighted by atomic mass is 16.5. The second kappa shape index (κ2) is 11.1. The molecule has 184 valence electrons. The Bertz CT molecular complexity index is 1190. The molecule has 1 fully saturated rings. The summed E-state index contributed by atoms with van der Waals surface area (Å²) in [5, 5.41) is 3.61. The Kier molecular flexibility index (Phi) is 7.70. The minimum atomic E-state index is -0.587. The number of amides is 1. The van der Waals surface area contributed by atoms with Crippen LogP contribution in [0.4, 0.5) is 0 Å². The molecule has 1 N–H and O–H groups in total. The van der Waals surface area contributed by atoms with E-state index in [0.717, 1.165) is 25.7 Å². The van der Waals surface area contributed by atoms with E-state index < -0.39 is 5.97 Å². The zero-order chi connectivity index (χ0) is 24.8. The molecule has 0 aliphatic heterocycles. The summed E-state index contributed by atoms with van der Waals surface area (Å²) < 4.78 is 21.7. The topological polar surface area (TPSA) is 96.0 Å². The van der Waals surface area contributed by atoms with Gasteiger partial charge in [0, 0.05) is 17.0 Å². The first-order chi connectivity index (χ1) is 17.0. The van der Waals surface area contributed by atoms with E-state index >= 15 is 0 Å². The molecule has 0 unspecified atom stereocenters. The molecular formula is C27H30N2O6. The molecule has 1 heterocycles. The molecule has 2 aromatic carbocycles. The van der Waals surface area contributed by atoms with Gasteiger partial charge in [-0.3, -0.25) is 4.79 Å². The van der Waals surface area contributed by atoms with E-state index in [-0.39, 0.29) is 18.6 Å². The van der Waals surface area contributed by atoms with Crippen LogP contribution in [0.2, 0.25) is 0 Å². The molecule has 4 rings (SSSR count). The van der Waals surface area contributed by atoms with E-state index in [9.17, 15) is 9.59 Å². The Morgan fingerprint density at radius 1 is 0.943 bits per heavy atom. The third kappa shape index (κ3) is 5.48. The Morgan fingerprint density at radius 2 is 1.63 bits per heavy atom. The van der Waals surface area contributed by atoms with Crippen molar-refractivity contribution in [3.8, 4) is 28.5 Å². The maximum Gasteiger partial charge on any atom is 0.339 e. The van der Waals surface area contributed by atoms with Gasteiger partial charge in [-0.1, -0.05) is 37.5 Å². The van der Waals surface area contributed by atoms with Gasteiger partial charge in [-0.25, -0.2) is 9.78 Å². The number of carbonyl (C=O) groups is 2. The zero-order valence-electron chi connectivity index (χ0n) is 20.3. The van der Waals surface area contributed by atoms with Gasteiger partial charge in [0.1, 0.15) is 0 Å². The van der Waals surface area contributed by atoms with Crippen LogP contribution in [0.5, 0.6) is 17.2 Å². The molecule has 1 amide bonds. The number of nitrogens with zero attached hydrogens (tertiary/aromatic N) is 1. The number of esters is 1. The van der Waals surface area contributed by atoms with Gasteiger partial charge in [0.25, 0.3) is 5.91 Å². The minimum Gasteiger partial charge on any atom is -0.493 e. The van der Waals surface area contributed by atoms with Gasteiger partial charge >= 0.3 is 5.97 Å². The number of fused-ring (bicyclic) bond motifs is 1. The fourth-order valence-corrected chi connectivity index (χ4v) is 4.45. The summed E-state index contributed by atoms with van der Waals surface area (Å²) in [5.41, 5.74) is 2.15. The predicted molar refractivity (Wildman–Crippen MR) is 132 cm³/mol. The minimum absolute atomic E-state index is 0.156. The van der Waals surface area contributed by atoms with Crippen molar-refractivity contribution in [1.82, 2.24) is 10.3 Å². The van der Waals surface area contributed by atoms with Crippen LogP contribution in [0.15, 0.2) is 42.5 Å². The molecule has 0 bridgehead atoms. The number of ether oxygens (including phenoxy) is 4. The first kappa shape index (κ1) is 24.3. The van der Waals surface area contributed by atoms with Gasteiger partial charge in [-0.05, 0) is 37.1 Å². The number of hydrogen-bond acceptors (Lipinski definition) is 7. The van der Waals surface area contributed by atoms with Crippen molar-refractivity contribution >= 4 is 22.8 Å². The molecule has 0 spiro atoms. The smallest absolute Gasteiger partial charge is 0.339 e. The van der Waals surface area contributed by atoms with Crippen LogP contribution in [0.1, 0.15) is 42.5 Å². The largest absolute Gasteiger partial charge is 0.493 e. The molecule has 1 aliphatic rings. The third-order valence-electron chi connectivity index (χ3n) is 6.20. The maximum atomic E-state index is 13.1. The van der Waals surface area contributed by atoms with Gasteiger partial charge in [0.05, 0.1) is 38.1 Å². The Balaban J connectivity index is 1.63. The van der Waals surface area contributed by atoms with Crippen LogP contribution >= 0.6 is 0 Å². The van der Waals surface area contributed by atoms with Crippen molar-refractivity contribution in [3.05, 3.63) is 48.0 Å². The molecule has 3 aromatic rings. The molecule has 0 saturated heterocycles. The fourth-order valence-electron chi connectivity index (χ4n) is 4.45. The first-order valence-electron chi connectivity index (χ1n) is 11.7. The summed E-state index contributed by atoms with van der Waals surface area (Å²) in [4.78, 5) is 30.2. The Hall–Kier alpha value is -3.81. The molecule has 8 heteroatoms. The highest BCUT2D eigenvalue weighted by Gasteiger charge is 2.21. The lowest BCUT2D eigenvalue weighted by Gasteiger charge is -2.22. The second-order valence-corrected chi connectivity index (χ2v) is 8.46. The summed E-state index contributed by atoms with van der Waals surface area (Å²) in [6, 6.07) is 12.7. The summed E-state index contributed by atoms with van der Waals surface area (Å²) in [6.07, 6.45) is 5.35. The van der Waals surface area contributed by atoms with Crippen molar-refractivity contribution in [2.45, 2.75) is 38.1 Å². The summed E-state index contributed by atoms with van der Waals surface area (Å²) >= 11 is 0. The van der Waals surface area contributed by atoms with Crippen LogP contribution in [-0.2, 0) is 9.53 Å². The molecule has 8 nitrogen and oxygen atoms in total. The number of para-hydroxylation sites is 1. The van der Waals surface area contributed by atoms with Crippen LogP contribution in [0, 0.1) is 0 Å². The lowest BCUT2D eigenvalue weighted by Crippen LogP contribution is -2.38. The van der Waals surface area contributed by atoms with Crippen LogP contribution in [-0.4, -0.2) is 50.8 Å². The first-order valence-corrected chi connectivity index (χ1v) is 11.7. The van der Waals surface area contributed by atoms with Crippen LogP contribution in [0.25, 0.3) is 22.2 Å². The van der Waals surface area contributed by atoms with E-state index in [1.54, 1.807) is 24.3 Å². The highest BCUT2D eigenvalue weighted by molar-refractivity contribution is 6.05. The lowest BCUT2D eigenvalue weighted by molar-refractivity contribution is -0.125. The summed E-state index contributed by atoms with van der Waals surface area (Å²) in [5.74, 6) is 0.535. The Labute approximate surface area is 204 Å². The SMILES string of the molecule is COc1cc(-c2cc(C(=O)OCC(=O)NC3CCCCC3)c3ccccc3n2)cc(OC)c1OC. The number of carbonyl (C=O) groups excluding carboxylic acids is 2. The molecule has 1 aliphatic carbocycles. The van der Waals surface area contributed by atoms with Crippen molar-refractivity contribution in [1.29, 1.82) is 0 Å². The second-order valence-electron chi connectivity index (χ2n) is 8.46. The van der Waals surface area contributed by atoms with E-state index in [2.05, 4.69) is 5.32 Å². The molecule has 1 aromatic heterocycles. The van der Waals surface area contributed by atoms with Gasteiger partial charge in [-0.15, -0.1) is 0 Å². The number of benzene rings is 2. The van der Waals surface area contributed by atoms with E-state index in [0.29, 0.717) is 45.0 Å². The van der Waals surface area contributed by atoms with Gasteiger partial charge in [-0.2, -0.15) is 0 Å². The molecule has 35 heavy (non-hydrogen) atoms. The number of rotatable bonds is 8. The predicted octanol–water partition coefficient (Wildman–Crippen LogP) is 4.53. The third-order valence-corrected chi connectivity index (χ3v) is 6.20. The van der Waals surface area contributed by atoms with E-state index in [4.69, 9.17) is 23.9 Å². The highest BCUT2D eigenvalue weighted by Crippen LogP contribution is 2.41. The molecule has 0 radical (unpaired) electrons. The number of methoxy groups -OCH3 is 3.